The monoisotopic (exact) mass is 283 g/mol. The number of rotatable bonds is 3. The molecule has 4 nitrogen and oxygen atoms in total. The van der Waals surface area contributed by atoms with Gasteiger partial charge in [0.05, 0.1) is 22.9 Å². The Hall–Kier alpha value is -1.23. The Labute approximate surface area is 115 Å². The smallest absolute Gasteiger partial charge is 0.178 e. The third kappa shape index (κ3) is 3.21. The van der Waals surface area contributed by atoms with Crippen LogP contribution in [0.25, 0.3) is 0 Å². The van der Waals surface area contributed by atoms with Crippen LogP contribution < -0.4 is 10.1 Å². The van der Waals surface area contributed by atoms with Crippen molar-refractivity contribution in [1.29, 1.82) is 0 Å². The number of nitrogens with one attached hydrogen (secondary N) is 1. The average molecular weight is 283 g/mol. The largest absolute Gasteiger partial charge is 0.484 e. The Bertz CT molecular complexity index is 576. The number of hydrogen-bond acceptors (Lipinski definition) is 4. The summed E-state index contributed by atoms with van der Waals surface area (Å²) in [5, 5.41) is 3.23. The molecule has 0 unspecified atom stereocenters. The Morgan fingerprint density at radius 3 is 2.68 bits per heavy atom. The van der Waals surface area contributed by atoms with E-state index in [1.54, 1.807) is 18.2 Å². The minimum Gasteiger partial charge on any atom is -0.484 e. The molecular formula is C14H21NO3S. The van der Waals surface area contributed by atoms with Crippen molar-refractivity contribution in [1.82, 2.24) is 0 Å². The van der Waals surface area contributed by atoms with Gasteiger partial charge in [-0.25, -0.2) is 8.42 Å². The second-order valence-electron chi connectivity index (χ2n) is 6.05. The fraction of sp³-hybridized carbons (Fsp3) is 0.571. The SMILES string of the molecule is CC(C)CS(=O)(=O)c1ccc2c(c1)NCC(C)(C)O2. The van der Waals surface area contributed by atoms with E-state index in [4.69, 9.17) is 4.74 Å². The zero-order chi connectivity index (χ0) is 14.3. The van der Waals surface area contributed by atoms with Crippen LogP contribution in [-0.4, -0.2) is 26.3 Å². The highest BCUT2D eigenvalue weighted by atomic mass is 32.2. The predicted octanol–water partition coefficient (Wildman–Crippen LogP) is 2.70. The minimum atomic E-state index is -3.22. The van der Waals surface area contributed by atoms with Gasteiger partial charge in [0.25, 0.3) is 0 Å². The molecule has 0 bridgehead atoms. The van der Waals surface area contributed by atoms with Gasteiger partial charge in [-0.3, -0.25) is 0 Å². The lowest BCUT2D eigenvalue weighted by atomic mass is 10.1. The van der Waals surface area contributed by atoms with Crippen molar-refractivity contribution in [3.05, 3.63) is 18.2 Å². The highest BCUT2D eigenvalue weighted by molar-refractivity contribution is 7.91. The topological polar surface area (TPSA) is 55.4 Å². The van der Waals surface area contributed by atoms with Crippen LogP contribution in [0.4, 0.5) is 5.69 Å². The molecule has 1 aliphatic heterocycles. The van der Waals surface area contributed by atoms with Gasteiger partial charge >= 0.3 is 0 Å². The summed E-state index contributed by atoms with van der Waals surface area (Å²) < 4.78 is 30.2. The number of benzene rings is 1. The molecule has 1 aromatic carbocycles. The lowest BCUT2D eigenvalue weighted by molar-refractivity contribution is 0.116. The van der Waals surface area contributed by atoms with Crippen LogP contribution in [0.15, 0.2) is 23.1 Å². The van der Waals surface area contributed by atoms with Gasteiger partial charge < -0.3 is 10.1 Å². The first kappa shape index (κ1) is 14.2. The van der Waals surface area contributed by atoms with Gasteiger partial charge in [-0.15, -0.1) is 0 Å². The molecule has 1 aliphatic rings. The molecule has 1 aromatic rings. The van der Waals surface area contributed by atoms with Crippen molar-refractivity contribution < 1.29 is 13.2 Å². The quantitative estimate of drug-likeness (QED) is 0.926. The summed E-state index contributed by atoms with van der Waals surface area (Å²) in [5.74, 6) is 0.988. The molecule has 5 heteroatoms. The predicted molar refractivity (Wildman–Crippen MR) is 76.5 cm³/mol. The lowest BCUT2D eigenvalue weighted by Crippen LogP contribution is -2.40. The molecular weight excluding hydrogens is 262 g/mol. The highest BCUT2D eigenvalue weighted by Gasteiger charge is 2.27. The molecule has 0 saturated carbocycles. The summed E-state index contributed by atoms with van der Waals surface area (Å²) in [6.45, 7) is 8.45. The molecule has 19 heavy (non-hydrogen) atoms. The summed E-state index contributed by atoms with van der Waals surface area (Å²) in [4.78, 5) is 0.357. The number of anilines is 1. The van der Waals surface area contributed by atoms with E-state index in [0.29, 0.717) is 17.2 Å². The first-order valence-electron chi connectivity index (χ1n) is 6.49. The van der Waals surface area contributed by atoms with E-state index >= 15 is 0 Å². The van der Waals surface area contributed by atoms with E-state index in [0.717, 1.165) is 5.69 Å². The molecule has 0 amide bonds. The van der Waals surface area contributed by atoms with E-state index in [1.807, 2.05) is 27.7 Å². The molecule has 2 rings (SSSR count). The molecule has 0 radical (unpaired) electrons. The van der Waals surface area contributed by atoms with Crippen LogP contribution in [-0.2, 0) is 9.84 Å². The Kier molecular flexibility index (Phi) is 3.51. The van der Waals surface area contributed by atoms with Crippen molar-refractivity contribution in [2.45, 2.75) is 38.2 Å². The second-order valence-corrected chi connectivity index (χ2v) is 8.08. The molecule has 1 N–H and O–H groups in total. The molecule has 0 aromatic heterocycles. The fourth-order valence-corrected chi connectivity index (χ4v) is 3.75. The van der Waals surface area contributed by atoms with Crippen molar-refractivity contribution in [2.75, 3.05) is 17.6 Å². The summed E-state index contributed by atoms with van der Waals surface area (Å²) in [6, 6.07) is 5.03. The van der Waals surface area contributed by atoms with Gasteiger partial charge in [0.15, 0.2) is 9.84 Å². The Morgan fingerprint density at radius 1 is 1.37 bits per heavy atom. The Morgan fingerprint density at radius 2 is 2.05 bits per heavy atom. The first-order valence-corrected chi connectivity index (χ1v) is 8.14. The molecule has 1 heterocycles. The zero-order valence-electron chi connectivity index (χ0n) is 11.9. The van der Waals surface area contributed by atoms with Crippen molar-refractivity contribution in [3.8, 4) is 5.75 Å². The fourth-order valence-electron chi connectivity index (χ4n) is 2.11. The van der Waals surface area contributed by atoms with Crippen molar-refractivity contribution in [2.24, 2.45) is 5.92 Å². The van der Waals surface area contributed by atoms with Crippen LogP contribution in [0.3, 0.4) is 0 Å². The van der Waals surface area contributed by atoms with Crippen molar-refractivity contribution >= 4 is 15.5 Å². The van der Waals surface area contributed by atoms with Gasteiger partial charge in [0, 0.05) is 0 Å². The van der Waals surface area contributed by atoms with E-state index in [1.165, 1.54) is 0 Å². The maximum atomic E-state index is 12.2. The maximum absolute atomic E-state index is 12.2. The normalized spacial score (nSPS) is 17.5. The van der Waals surface area contributed by atoms with Gasteiger partial charge in [0.2, 0.25) is 0 Å². The molecule has 0 spiro atoms. The lowest BCUT2D eigenvalue weighted by Gasteiger charge is -2.33. The van der Waals surface area contributed by atoms with Crippen LogP contribution in [0.1, 0.15) is 27.7 Å². The van der Waals surface area contributed by atoms with Gasteiger partial charge in [-0.05, 0) is 38.0 Å². The van der Waals surface area contributed by atoms with Crippen LogP contribution in [0.5, 0.6) is 5.75 Å². The third-order valence-corrected chi connectivity index (χ3v) is 5.03. The van der Waals surface area contributed by atoms with E-state index in [-0.39, 0.29) is 17.3 Å². The first-order chi connectivity index (χ1) is 8.70. The zero-order valence-corrected chi connectivity index (χ0v) is 12.7. The van der Waals surface area contributed by atoms with Gasteiger partial charge in [-0.1, -0.05) is 13.8 Å². The maximum Gasteiger partial charge on any atom is 0.178 e. The molecule has 0 fully saturated rings. The summed E-state index contributed by atoms with van der Waals surface area (Å²) in [5.41, 5.74) is 0.481. The Balaban J connectivity index is 2.33. The van der Waals surface area contributed by atoms with Crippen molar-refractivity contribution in [3.63, 3.8) is 0 Å². The number of ether oxygens (including phenoxy) is 1. The number of fused-ring (bicyclic) bond motifs is 1. The van der Waals surface area contributed by atoms with E-state index in [9.17, 15) is 8.42 Å². The number of hydrogen-bond donors (Lipinski definition) is 1. The minimum absolute atomic E-state index is 0.115. The number of sulfone groups is 1. The molecule has 0 saturated heterocycles. The average Bonchev–Trinajstić information content (AvgIpc) is 2.25. The van der Waals surface area contributed by atoms with Crippen LogP contribution >= 0.6 is 0 Å². The van der Waals surface area contributed by atoms with Gasteiger partial charge in [0.1, 0.15) is 11.4 Å². The second kappa shape index (κ2) is 4.71. The van der Waals surface area contributed by atoms with E-state index in [2.05, 4.69) is 5.32 Å². The van der Waals surface area contributed by atoms with Crippen LogP contribution in [0, 0.1) is 5.92 Å². The van der Waals surface area contributed by atoms with E-state index < -0.39 is 9.84 Å². The van der Waals surface area contributed by atoms with Crippen LogP contribution in [0.2, 0.25) is 0 Å². The van der Waals surface area contributed by atoms with Gasteiger partial charge in [-0.2, -0.15) is 0 Å². The molecule has 0 atom stereocenters. The summed E-state index contributed by atoms with van der Waals surface area (Å²) in [7, 11) is -3.22. The highest BCUT2D eigenvalue weighted by Crippen LogP contribution is 2.34. The molecule has 0 aliphatic carbocycles. The molecule has 106 valence electrons. The standard InChI is InChI=1S/C14H21NO3S/c1-10(2)8-19(16,17)11-5-6-13-12(7-11)15-9-14(3,4)18-13/h5-7,10,15H,8-9H2,1-4H3. The third-order valence-electron chi connectivity index (χ3n) is 2.95. The summed E-state index contributed by atoms with van der Waals surface area (Å²) >= 11 is 0. The summed E-state index contributed by atoms with van der Waals surface area (Å²) in [6.07, 6.45) is 0.